The molecule has 0 aliphatic heterocycles. The summed E-state index contributed by atoms with van der Waals surface area (Å²) in [6.07, 6.45) is 6.68. The minimum absolute atomic E-state index is 0.991. The highest BCUT2D eigenvalue weighted by atomic mass is 15.1. The number of fused-ring (bicyclic) bond motifs is 2. The van der Waals surface area contributed by atoms with Crippen LogP contribution in [0.2, 0.25) is 0 Å². The first-order valence-electron chi connectivity index (χ1n) is 14.6. The highest BCUT2D eigenvalue weighted by Gasteiger charge is 2.16. The number of rotatable bonds is 6. The van der Waals surface area contributed by atoms with E-state index in [4.69, 9.17) is 0 Å². The average molecular weight is 540 g/mol. The second kappa shape index (κ2) is 14.9. The van der Waals surface area contributed by atoms with Gasteiger partial charge in [-0.25, -0.2) is 0 Å². The van der Waals surface area contributed by atoms with Crippen molar-refractivity contribution in [3.05, 3.63) is 139 Å². The summed E-state index contributed by atoms with van der Waals surface area (Å²) in [7, 11) is 2.10. The summed E-state index contributed by atoms with van der Waals surface area (Å²) in [6.45, 7) is 21.1. The number of benzene rings is 5. The van der Waals surface area contributed by atoms with Gasteiger partial charge in [0.15, 0.2) is 0 Å². The Labute approximate surface area is 248 Å². The van der Waals surface area contributed by atoms with Crippen molar-refractivity contribution in [2.75, 3.05) is 11.9 Å². The van der Waals surface area contributed by atoms with Crippen LogP contribution in [-0.2, 0) is 6.42 Å². The summed E-state index contributed by atoms with van der Waals surface area (Å²) in [5, 5.41) is 5.18. The Balaban J connectivity index is 0.000000868. The van der Waals surface area contributed by atoms with Gasteiger partial charge < -0.3 is 4.90 Å². The Kier molecular flexibility index (Phi) is 11.3. The van der Waals surface area contributed by atoms with Crippen LogP contribution in [0.15, 0.2) is 117 Å². The number of hydrogen-bond acceptors (Lipinski definition) is 1. The molecule has 0 aliphatic rings. The van der Waals surface area contributed by atoms with Gasteiger partial charge in [0.1, 0.15) is 0 Å². The largest absolute Gasteiger partial charge is 0.344 e. The zero-order chi connectivity index (χ0) is 29.9. The molecule has 1 nitrogen and oxygen atoms in total. The fraction of sp³-hybridized carbons (Fsp3) is 0.200. The Morgan fingerprint density at radius 1 is 0.780 bits per heavy atom. The van der Waals surface area contributed by atoms with Crippen molar-refractivity contribution in [2.24, 2.45) is 0 Å². The fourth-order valence-electron chi connectivity index (χ4n) is 5.35. The van der Waals surface area contributed by atoms with Gasteiger partial charge in [-0.2, -0.15) is 0 Å². The summed E-state index contributed by atoms with van der Waals surface area (Å²) in [6, 6.07) is 32.9. The molecule has 0 fully saturated rings. The van der Waals surface area contributed by atoms with Crippen molar-refractivity contribution < 1.29 is 0 Å². The Morgan fingerprint density at radius 2 is 1.44 bits per heavy atom. The van der Waals surface area contributed by atoms with Crippen molar-refractivity contribution >= 4 is 39.0 Å². The first-order chi connectivity index (χ1) is 19.9. The minimum atomic E-state index is 0.991. The minimum Gasteiger partial charge on any atom is -0.344 e. The van der Waals surface area contributed by atoms with E-state index in [-0.39, 0.29) is 0 Å². The molecule has 0 saturated carbocycles. The summed E-state index contributed by atoms with van der Waals surface area (Å²) in [5.41, 5.74) is 9.78. The van der Waals surface area contributed by atoms with Gasteiger partial charge in [-0.3, -0.25) is 0 Å². The quantitative estimate of drug-likeness (QED) is 0.153. The molecule has 5 aromatic carbocycles. The van der Waals surface area contributed by atoms with Gasteiger partial charge in [-0.05, 0) is 93.4 Å². The molecular weight excluding hydrogens is 494 g/mol. The number of hydrogen-bond donors (Lipinski definition) is 0. The predicted molar refractivity (Wildman–Crippen MR) is 187 cm³/mol. The smallest absolute Gasteiger partial charge is 0.0438 e. The highest BCUT2D eigenvalue weighted by molar-refractivity contribution is 6.14. The molecule has 0 N–H and O–H groups in total. The second-order valence-corrected chi connectivity index (χ2v) is 10.1. The van der Waals surface area contributed by atoms with Gasteiger partial charge in [0, 0.05) is 18.4 Å². The lowest BCUT2D eigenvalue weighted by atomic mass is 9.87. The van der Waals surface area contributed by atoms with Crippen molar-refractivity contribution in [3.8, 4) is 11.1 Å². The van der Waals surface area contributed by atoms with E-state index in [1.807, 2.05) is 6.07 Å². The van der Waals surface area contributed by atoms with E-state index in [1.54, 1.807) is 0 Å². The third-order valence-corrected chi connectivity index (χ3v) is 7.25. The van der Waals surface area contributed by atoms with Crippen LogP contribution in [0.5, 0.6) is 0 Å². The number of allylic oxidation sites excluding steroid dienone is 1. The first kappa shape index (κ1) is 31.2. The van der Waals surface area contributed by atoms with Gasteiger partial charge in [0.05, 0.1) is 0 Å². The first-order valence-corrected chi connectivity index (χ1v) is 14.6. The van der Waals surface area contributed by atoms with E-state index in [0.29, 0.717) is 0 Å². The number of anilines is 1. The lowest BCUT2D eigenvalue weighted by molar-refractivity contribution is 1.09. The third-order valence-electron chi connectivity index (χ3n) is 7.25. The summed E-state index contributed by atoms with van der Waals surface area (Å²) in [5.74, 6) is 0. The molecule has 0 atom stereocenters. The monoisotopic (exact) mass is 539 g/mol. The molecule has 41 heavy (non-hydrogen) atoms. The zero-order valence-electron chi connectivity index (χ0n) is 25.8. The van der Waals surface area contributed by atoms with Crippen LogP contribution < -0.4 is 4.90 Å². The second-order valence-electron chi connectivity index (χ2n) is 10.1. The SMILES string of the molecule is C=C.C=C(c1ccccc1)N(C)c1ccc(-c2c3ccccc3cc3c(/C=C\C)c(CC)ccc23)cc1C.CCC. The Bertz CT molecular complexity index is 1640. The van der Waals surface area contributed by atoms with Crippen LogP contribution in [0.1, 0.15) is 56.4 Å². The molecule has 0 aliphatic carbocycles. The number of aryl methyl sites for hydroxylation is 2. The Morgan fingerprint density at radius 3 is 2.07 bits per heavy atom. The van der Waals surface area contributed by atoms with Gasteiger partial charge in [0.25, 0.3) is 0 Å². The summed E-state index contributed by atoms with van der Waals surface area (Å²) < 4.78 is 0. The average Bonchev–Trinajstić information content (AvgIpc) is 3.01. The molecular formula is C40H45N. The molecule has 5 aromatic rings. The van der Waals surface area contributed by atoms with E-state index >= 15 is 0 Å². The molecule has 0 amide bonds. The third kappa shape index (κ3) is 6.69. The summed E-state index contributed by atoms with van der Waals surface area (Å²) >= 11 is 0. The molecule has 0 unspecified atom stereocenters. The van der Waals surface area contributed by atoms with Crippen LogP contribution in [-0.4, -0.2) is 7.05 Å². The van der Waals surface area contributed by atoms with Gasteiger partial charge in [0.2, 0.25) is 0 Å². The number of nitrogens with zero attached hydrogens (tertiary/aromatic N) is 1. The normalized spacial score (nSPS) is 10.6. The van der Waals surface area contributed by atoms with Gasteiger partial charge in [-0.15, -0.1) is 13.2 Å². The maximum Gasteiger partial charge on any atom is 0.0438 e. The van der Waals surface area contributed by atoms with E-state index in [2.05, 4.69) is 163 Å². The standard InChI is InChI=1S/C35H33N.C3H8.C2H4/c1-6-13-30-26(7-2)18-20-32-33(30)23-28-16-11-12-17-31(28)35(32)29-19-21-34(24(3)22-29)36(5)25(4)27-14-9-8-10-15-27;1-3-2;1-2/h6,8-23H,4,7H2,1-3,5H3;3H2,1-2H3;1-2H2/b13-6-;;. The van der Waals surface area contributed by atoms with Crippen LogP contribution in [0.3, 0.4) is 0 Å². The van der Waals surface area contributed by atoms with E-state index in [0.717, 1.165) is 17.7 Å². The molecule has 0 aromatic heterocycles. The van der Waals surface area contributed by atoms with E-state index in [1.165, 1.54) is 61.5 Å². The molecule has 0 spiro atoms. The lowest BCUT2D eigenvalue weighted by Gasteiger charge is -2.25. The van der Waals surface area contributed by atoms with E-state index in [9.17, 15) is 0 Å². The molecule has 0 radical (unpaired) electrons. The van der Waals surface area contributed by atoms with E-state index < -0.39 is 0 Å². The van der Waals surface area contributed by atoms with Crippen molar-refractivity contribution in [2.45, 2.75) is 47.5 Å². The molecule has 5 rings (SSSR count). The maximum absolute atomic E-state index is 4.37. The van der Waals surface area contributed by atoms with Gasteiger partial charge in [-0.1, -0.05) is 119 Å². The van der Waals surface area contributed by atoms with Crippen molar-refractivity contribution in [1.29, 1.82) is 0 Å². The molecule has 0 bridgehead atoms. The molecule has 0 saturated heterocycles. The summed E-state index contributed by atoms with van der Waals surface area (Å²) in [4.78, 5) is 2.19. The lowest BCUT2D eigenvalue weighted by Crippen LogP contribution is -2.15. The highest BCUT2D eigenvalue weighted by Crippen LogP contribution is 2.40. The van der Waals surface area contributed by atoms with Crippen LogP contribution in [0, 0.1) is 6.92 Å². The molecule has 1 heteroatoms. The van der Waals surface area contributed by atoms with Crippen molar-refractivity contribution in [3.63, 3.8) is 0 Å². The molecule has 0 heterocycles. The molecule has 210 valence electrons. The van der Waals surface area contributed by atoms with Crippen LogP contribution in [0.25, 0.3) is 44.4 Å². The Hall–Kier alpha value is -4.36. The zero-order valence-corrected chi connectivity index (χ0v) is 25.8. The van der Waals surface area contributed by atoms with Crippen molar-refractivity contribution in [1.82, 2.24) is 0 Å². The fourth-order valence-corrected chi connectivity index (χ4v) is 5.35. The van der Waals surface area contributed by atoms with Crippen LogP contribution in [0.4, 0.5) is 5.69 Å². The van der Waals surface area contributed by atoms with Crippen LogP contribution >= 0.6 is 0 Å². The maximum atomic E-state index is 4.37. The topological polar surface area (TPSA) is 3.24 Å². The predicted octanol–water partition coefficient (Wildman–Crippen LogP) is 11.9. The van der Waals surface area contributed by atoms with Gasteiger partial charge >= 0.3 is 0 Å².